The Bertz CT molecular complexity index is 437. The van der Waals surface area contributed by atoms with Crippen LogP contribution in [0.3, 0.4) is 0 Å². The highest BCUT2D eigenvalue weighted by atomic mass is 32.2. The van der Waals surface area contributed by atoms with Crippen molar-refractivity contribution in [1.29, 1.82) is 0 Å². The lowest BCUT2D eigenvalue weighted by molar-refractivity contribution is -0.120. The van der Waals surface area contributed by atoms with Gasteiger partial charge in [-0.25, -0.2) is 8.42 Å². The van der Waals surface area contributed by atoms with Gasteiger partial charge in [0.05, 0.1) is 10.5 Å². The maximum atomic E-state index is 11.7. The van der Waals surface area contributed by atoms with E-state index in [9.17, 15) is 13.2 Å². The predicted molar refractivity (Wildman–Crippen MR) is 75.0 cm³/mol. The number of rotatable bonds is 4. The minimum atomic E-state index is -3.33. The van der Waals surface area contributed by atoms with Crippen molar-refractivity contribution in [3.63, 3.8) is 0 Å². The summed E-state index contributed by atoms with van der Waals surface area (Å²) in [5.74, 6) is -0.466. The number of hydrogen-bond acceptors (Lipinski definition) is 4. The van der Waals surface area contributed by atoms with Crippen molar-refractivity contribution in [3.05, 3.63) is 0 Å². The van der Waals surface area contributed by atoms with Gasteiger partial charge in [0.15, 0.2) is 9.84 Å². The quantitative estimate of drug-likeness (QED) is 0.731. The Morgan fingerprint density at radius 3 is 2.33 bits per heavy atom. The predicted octanol–water partition coefficient (Wildman–Crippen LogP) is 0.382. The minimum absolute atomic E-state index is 0.247. The second-order valence-electron chi connectivity index (χ2n) is 5.25. The zero-order valence-electron chi connectivity index (χ0n) is 10.7. The zero-order valence-corrected chi connectivity index (χ0v) is 12.4. The van der Waals surface area contributed by atoms with Crippen LogP contribution in [0, 0.1) is 5.92 Å². The van der Waals surface area contributed by atoms with Gasteiger partial charge in [-0.1, -0.05) is 19.1 Å². The van der Waals surface area contributed by atoms with Gasteiger partial charge in [0.2, 0.25) is 5.91 Å². The van der Waals surface area contributed by atoms with Gasteiger partial charge >= 0.3 is 0 Å². The van der Waals surface area contributed by atoms with Crippen LogP contribution in [0.1, 0.15) is 32.6 Å². The Balaban J connectivity index is 2.76. The molecule has 0 heterocycles. The van der Waals surface area contributed by atoms with Gasteiger partial charge < -0.3 is 11.1 Å². The lowest BCUT2D eigenvalue weighted by Crippen LogP contribution is -2.59. The van der Waals surface area contributed by atoms with E-state index in [-0.39, 0.29) is 4.99 Å². The summed E-state index contributed by atoms with van der Waals surface area (Å²) < 4.78 is 22.2. The molecule has 1 aliphatic carbocycles. The maximum Gasteiger partial charge on any atom is 0.235 e. The molecule has 0 spiro atoms. The lowest BCUT2D eigenvalue weighted by Gasteiger charge is -2.39. The molecule has 7 heteroatoms. The molecule has 1 amide bonds. The molecule has 3 N–H and O–H groups in total. The van der Waals surface area contributed by atoms with Gasteiger partial charge in [-0.05, 0) is 31.6 Å². The van der Waals surface area contributed by atoms with Crippen LogP contribution in [0.5, 0.6) is 0 Å². The lowest BCUT2D eigenvalue weighted by atomic mass is 9.77. The van der Waals surface area contributed by atoms with Crippen LogP contribution >= 0.6 is 12.2 Å². The molecule has 18 heavy (non-hydrogen) atoms. The molecule has 0 aromatic carbocycles. The van der Waals surface area contributed by atoms with Gasteiger partial charge in [0, 0.05) is 6.26 Å². The number of nitrogens with one attached hydrogen (secondary N) is 1. The van der Waals surface area contributed by atoms with Crippen molar-refractivity contribution in [2.24, 2.45) is 11.7 Å². The third kappa shape index (κ3) is 4.20. The van der Waals surface area contributed by atoms with Crippen molar-refractivity contribution in [2.75, 3.05) is 12.0 Å². The summed E-state index contributed by atoms with van der Waals surface area (Å²) in [5, 5.41) is 2.72. The average Bonchev–Trinajstić information content (AvgIpc) is 2.18. The normalized spacial score (nSPS) is 28.7. The molecule has 0 unspecified atom stereocenters. The Hall–Kier alpha value is -0.690. The number of sulfone groups is 1. The fourth-order valence-electron chi connectivity index (χ4n) is 2.23. The van der Waals surface area contributed by atoms with Crippen molar-refractivity contribution in [3.8, 4) is 0 Å². The van der Waals surface area contributed by atoms with Gasteiger partial charge in [-0.15, -0.1) is 0 Å². The highest BCUT2D eigenvalue weighted by Gasteiger charge is 2.38. The van der Waals surface area contributed by atoms with Crippen LogP contribution in [0.4, 0.5) is 0 Å². The van der Waals surface area contributed by atoms with Crippen molar-refractivity contribution >= 4 is 33.0 Å². The first kappa shape index (κ1) is 15.4. The minimum Gasteiger partial charge on any atom is -0.391 e. The Morgan fingerprint density at radius 2 is 1.94 bits per heavy atom. The van der Waals surface area contributed by atoms with Crippen molar-refractivity contribution in [1.82, 2.24) is 5.32 Å². The molecule has 1 fully saturated rings. The molecule has 0 bridgehead atoms. The fraction of sp³-hybridized carbons (Fsp3) is 0.818. The summed E-state index contributed by atoms with van der Waals surface area (Å²) in [6.45, 7) is 2.14. The average molecular weight is 292 g/mol. The topological polar surface area (TPSA) is 89.3 Å². The van der Waals surface area contributed by atoms with Gasteiger partial charge in [-0.3, -0.25) is 4.79 Å². The van der Waals surface area contributed by atoms with Crippen molar-refractivity contribution in [2.45, 2.75) is 38.1 Å². The Labute approximate surface area is 113 Å². The summed E-state index contributed by atoms with van der Waals surface area (Å²) >= 11 is 5.04. The van der Waals surface area contributed by atoms with Crippen LogP contribution in [-0.2, 0) is 14.6 Å². The molecule has 1 rings (SSSR count). The Morgan fingerprint density at radius 1 is 1.44 bits per heavy atom. The molecule has 0 saturated heterocycles. The number of hydrogen-bond donors (Lipinski definition) is 2. The zero-order chi connectivity index (χ0) is 14.0. The third-order valence-corrected chi connectivity index (χ3v) is 4.55. The molecule has 104 valence electrons. The first-order chi connectivity index (χ1) is 8.15. The molecule has 1 saturated carbocycles. The van der Waals surface area contributed by atoms with E-state index in [1.807, 2.05) is 0 Å². The summed E-state index contributed by atoms with van der Waals surface area (Å²) in [4.78, 5) is 12.0. The highest BCUT2D eigenvalue weighted by Crippen LogP contribution is 2.32. The number of amides is 1. The number of nitrogens with two attached hydrogens (primary N) is 1. The molecule has 0 aromatic rings. The van der Waals surface area contributed by atoms with Crippen LogP contribution in [0.15, 0.2) is 0 Å². The SMILES string of the molecule is CC1CCC(NC(=O)CS(C)(=O)=O)(C(N)=S)CC1. The molecule has 0 aliphatic heterocycles. The molecule has 0 aromatic heterocycles. The number of carbonyl (C=O) groups excluding carboxylic acids is 1. The standard InChI is InChI=1S/C11H20N2O3S2/c1-8-3-5-11(6-4-8,10(12)17)13-9(14)7-18(2,15)16/h8H,3-7H2,1-2H3,(H2,12,17)(H,13,14). The third-order valence-electron chi connectivity index (χ3n) is 3.37. The largest absolute Gasteiger partial charge is 0.391 e. The molecular weight excluding hydrogens is 272 g/mol. The van der Waals surface area contributed by atoms with E-state index < -0.39 is 27.0 Å². The molecule has 0 radical (unpaired) electrons. The van der Waals surface area contributed by atoms with Gasteiger partial charge in [-0.2, -0.15) is 0 Å². The summed E-state index contributed by atoms with van der Waals surface area (Å²) in [6.07, 6.45) is 4.24. The smallest absolute Gasteiger partial charge is 0.235 e. The van der Waals surface area contributed by atoms with Crippen LogP contribution in [0.2, 0.25) is 0 Å². The van der Waals surface area contributed by atoms with E-state index in [2.05, 4.69) is 12.2 Å². The second kappa shape index (κ2) is 5.52. The maximum absolute atomic E-state index is 11.7. The molecular formula is C11H20N2O3S2. The highest BCUT2D eigenvalue weighted by molar-refractivity contribution is 7.91. The summed E-state index contributed by atoms with van der Waals surface area (Å²) in [5.41, 5.74) is 5.02. The first-order valence-electron chi connectivity index (χ1n) is 5.93. The number of carbonyl (C=O) groups is 1. The van der Waals surface area contributed by atoms with E-state index in [1.54, 1.807) is 0 Å². The Kier molecular flexibility index (Phi) is 4.72. The van der Waals surface area contributed by atoms with Crippen LogP contribution in [0.25, 0.3) is 0 Å². The second-order valence-corrected chi connectivity index (χ2v) is 7.83. The summed E-state index contributed by atoms with van der Waals surface area (Å²) in [6, 6.07) is 0. The van der Waals surface area contributed by atoms with Crippen LogP contribution in [-0.4, -0.2) is 36.9 Å². The molecule has 1 aliphatic rings. The molecule has 5 nitrogen and oxygen atoms in total. The molecule has 0 atom stereocenters. The summed E-state index contributed by atoms with van der Waals surface area (Å²) in [7, 11) is -3.33. The van der Waals surface area contributed by atoms with E-state index in [4.69, 9.17) is 18.0 Å². The van der Waals surface area contributed by atoms with Crippen molar-refractivity contribution < 1.29 is 13.2 Å². The van der Waals surface area contributed by atoms with E-state index in [0.717, 1.165) is 19.1 Å². The van der Waals surface area contributed by atoms with E-state index >= 15 is 0 Å². The van der Waals surface area contributed by atoms with Crippen LogP contribution < -0.4 is 11.1 Å². The fourth-order valence-corrected chi connectivity index (χ4v) is 3.03. The first-order valence-corrected chi connectivity index (χ1v) is 8.40. The van der Waals surface area contributed by atoms with E-state index in [0.29, 0.717) is 18.8 Å². The monoisotopic (exact) mass is 292 g/mol. The van der Waals surface area contributed by atoms with Gasteiger partial charge in [0.25, 0.3) is 0 Å². The number of thiocarbonyl (C=S) groups is 1. The van der Waals surface area contributed by atoms with Gasteiger partial charge in [0.1, 0.15) is 5.75 Å². The van der Waals surface area contributed by atoms with E-state index in [1.165, 1.54) is 0 Å².